The molecule has 164 valence electrons. The van der Waals surface area contributed by atoms with Crippen LogP contribution in [0.1, 0.15) is 87.2 Å². The molecule has 0 aromatic heterocycles. The van der Waals surface area contributed by atoms with E-state index in [-0.39, 0.29) is 17.1 Å². The molecule has 30 heavy (non-hydrogen) atoms. The number of ketones is 1. The maximum absolute atomic E-state index is 12.7. The Kier molecular flexibility index (Phi) is 8.88. The molecule has 4 nitrogen and oxygen atoms in total. The van der Waals surface area contributed by atoms with Crippen LogP contribution in [0.15, 0.2) is 42.1 Å². The molecule has 0 spiro atoms. The monoisotopic (exact) mass is 410 g/mol. The van der Waals surface area contributed by atoms with Gasteiger partial charge in [0.25, 0.3) is 0 Å². The maximum atomic E-state index is 12.7. The number of Topliss-reactive ketones (excluding diaryl/α,β-unsaturated/α-hetero) is 1. The Bertz CT molecular complexity index is 809. The number of aryl methyl sites for hydroxylation is 1. The molecule has 1 atom stereocenters. The number of allylic oxidation sites excluding steroid dienone is 1. The van der Waals surface area contributed by atoms with Gasteiger partial charge in [-0.15, -0.1) is 0 Å². The predicted octanol–water partition coefficient (Wildman–Crippen LogP) is 5.37. The standard InChI is InChI=1S/C26H38N2O2/c1-6-26(14-16-27-7-2,24-13-12-22(21(5)29)18-20(24)4)15-17-28-25(30)23-11-9-8-10-19(23)3/h7,12-13,18,27H,2,6,8-11,14-17H2,1,3-5H3,(H,28,30). The third-order valence-corrected chi connectivity index (χ3v) is 6.68. The molecule has 1 aromatic carbocycles. The van der Waals surface area contributed by atoms with E-state index in [2.05, 4.69) is 44.1 Å². The Morgan fingerprint density at radius 3 is 2.43 bits per heavy atom. The highest BCUT2D eigenvalue weighted by Gasteiger charge is 2.31. The number of benzene rings is 1. The first-order valence-corrected chi connectivity index (χ1v) is 11.3. The van der Waals surface area contributed by atoms with Gasteiger partial charge in [0.1, 0.15) is 0 Å². The van der Waals surface area contributed by atoms with E-state index in [9.17, 15) is 9.59 Å². The van der Waals surface area contributed by atoms with Gasteiger partial charge in [-0.05, 0) is 94.5 Å². The number of carbonyl (C=O) groups is 2. The zero-order valence-corrected chi connectivity index (χ0v) is 19.2. The summed E-state index contributed by atoms with van der Waals surface area (Å²) in [5.74, 6) is 0.188. The molecule has 0 bridgehead atoms. The summed E-state index contributed by atoms with van der Waals surface area (Å²) in [6, 6.07) is 6.04. The first-order valence-electron chi connectivity index (χ1n) is 11.3. The smallest absolute Gasteiger partial charge is 0.247 e. The van der Waals surface area contributed by atoms with E-state index in [1.807, 2.05) is 12.1 Å². The minimum absolute atomic E-state index is 0.0708. The van der Waals surface area contributed by atoms with Crippen LogP contribution in [0.25, 0.3) is 0 Å². The van der Waals surface area contributed by atoms with Crippen LogP contribution in [0.5, 0.6) is 0 Å². The Hall–Kier alpha value is -2.36. The predicted molar refractivity (Wildman–Crippen MR) is 125 cm³/mol. The lowest BCUT2D eigenvalue weighted by Gasteiger charge is -2.35. The molecule has 2 rings (SSSR count). The quantitative estimate of drug-likeness (QED) is 0.381. The summed E-state index contributed by atoms with van der Waals surface area (Å²) >= 11 is 0. The first-order chi connectivity index (χ1) is 14.3. The van der Waals surface area contributed by atoms with E-state index < -0.39 is 0 Å². The summed E-state index contributed by atoms with van der Waals surface area (Å²) in [4.78, 5) is 24.5. The minimum Gasteiger partial charge on any atom is -0.391 e. The Labute approximate surface area is 182 Å². The van der Waals surface area contributed by atoms with Gasteiger partial charge in [0.05, 0.1) is 0 Å². The Morgan fingerprint density at radius 1 is 1.13 bits per heavy atom. The lowest BCUT2D eigenvalue weighted by atomic mass is 9.71. The highest BCUT2D eigenvalue weighted by atomic mass is 16.1. The van der Waals surface area contributed by atoms with Gasteiger partial charge in [-0.1, -0.05) is 31.2 Å². The number of rotatable bonds is 11. The van der Waals surface area contributed by atoms with E-state index in [1.54, 1.807) is 13.1 Å². The van der Waals surface area contributed by atoms with E-state index in [4.69, 9.17) is 0 Å². The largest absolute Gasteiger partial charge is 0.391 e. The van der Waals surface area contributed by atoms with Crippen LogP contribution in [-0.2, 0) is 10.2 Å². The normalized spacial score (nSPS) is 16.0. The summed E-state index contributed by atoms with van der Waals surface area (Å²) < 4.78 is 0. The van der Waals surface area contributed by atoms with Crippen LogP contribution in [0.3, 0.4) is 0 Å². The van der Waals surface area contributed by atoms with Crippen molar-refractivity contribution in [3.8, 4) is 0 Å². The highest BCUT2D eigenvalue weighted by molar-refractivity contribution is 5.94. The van der Waals surface area contributed by atoms with Crippen molar-refractivity contribution in [1.29, 1.82) is 0 Å². The summed E-state index contributed by atoms with van der Waals surface area (Å²) in [7, 11) is 0. The zero-order chi connectivity index (χ0) is 22.1. The molecule has 0 saturated carbocycles. The highest BCUT2D eigenvalue weighted by Crippen LogP contribution is 2.37. The molecule has 1 unspecified atom stereocenters. The molecule has 1 aliphatic rings. The fourth-order valence-corrected chi connectivity index (χ4v) is 4.72. The van der Waals surface area contributed by atoms with Gasteiger partial charge in [-0.2, -0.15) is 0 Å². The fraction of sp³-hybridized carbons (Fsp3) is 0.538. The van der Waals surface area contributed by atoms with E-state index >= 15 is 0 Å². The van der Waals surface area contributed by atoms with Gasteiger partial charge in [-0.25, -0.2) is 0 Å². The minimum atomic E-state index is -0.0708. The van der Waals surface area contributed by atoms with Gasteiger partial charge in [-0.3, -0.25) is 9.59 Å². The van der Waals surface area contributed by atoms with Gasteiger partial charge >= 0.3 is 0 Å². The van der Waals surface area contributed by atoms with Crippen LogP contribution in [0, 0.1) is 6.92 Å². The van der Waals surface area contributed by atoms with Crippen molar-refractivity contribution in [3.05, 3.63) is 58.8 Å². The molecule has 0 heterocycles. The Morgan fingerprint density at radius 2 is 1.83 bits per heavy atom. The molecule has 2 N–H and O–H groups in total. The van der Waals surface area contributed by atoms with E-state index in [1.165, 1.54) is 17.6 Å². The van der Waals surface area contributed by atoms with Crippen LogP contribution in [-0.4, -0.2) is 24.8 Å². The van der Waals surface area contributed by atoms with Gasteiger partial charge < -0.3 is 10.6 Å². The van der Waals surface area contributed by atoms with Crippen molar-refractivity contribution in [2.45, 2.75) is 78.1 Å². The van der Waals surface area contributed by atoms with Crippen LogP contribution < -0.4 is 10.6 Å². The number of carbonyl (C=O) groups excluding carboxylic acids is 2. The molecule has 0 fully saturated rings. The van der Waals surface area contributed by atoms with Crippen molar-refractivity contribution in [3.63, 3.8) is 0 Å². The number of hydrogen-bond donors (Lipinski definition) is 2. The van der Waals surface area contributed by atoms with E-state index in [0.29, 0.717) is 6.54 Å². The molecular weight excluding hydrogens is 372 g/mol. The van der Waals surface area contributed by atoms with Gasteiger partial charge in [0.2, 0.25) is 5.91 Å². The second-order valence-corrected chi connectivity index (χ2v) is 8.60. The van der Waals surface area contributed by atoms with Gasteiger partial charge in [0.15, 0.2) is 5.78 Å². The van der Waals surface area contributed by atoms with Crippen molar-refractivity contribution in [2.75, 3.05) is 13.1 Å². The summed E-state index contributed by atoms with van der Waals surface area (Å²) in [5, 5.41) is 6.42. The Balaban J connectivity index is 2.20. The van der Waals surface area contributed by atoms with Gasteiger partial charge in [0, 0.05) is 24.2 Å². The number of nitrogens with one attached hydrogen (secondary N) is 2. The van der Waals surface area contributed by atoms with Crippen molar-refractivity contribution >= 4 is 11.7 Å². The molecule has 0 aliphatic heterocycles. The number of hydrogen-bond acceptors (Lipinski definition) is 3. The lowest BCUT2D eigenvalue weighted by molar-refractivity contribution is -0.117. The summed E-state index contributed by atoms with van der Waals surface area (Å²) in [6.45, 7) is 13.2. The second kappa shape index (κ2) is 11.1. The van der Waals surface area contributed by atoms with Crippen molar-refractivity contribution < 1.29 is 9.59 Å². The van der Waals surface area contributed by atoms with Crippen LogP contribution >= 0.6 is 0 Å². The summed E-state index contributed by atoms with van der Waals surface area (Å²) in [5.41, 5.74) is 5.31. The average Bonchev–Trinajstić information content (AvgIpc) is 2.73. The van der Waals surface area contributed by atoms with Crippen molar-refractivity contribution in [2.24, 2.45) is 0 Å². The molecule has 1 amide bonds. The van der Waals surface area contributed by atoms with Crippen molar-refractivity contribution in [1.82, 2.24) is 10.6 Å². The SMILES string of the molecule is C=CNCCC(CC)(CCNC(=O)C1=C(C)CCCC1)c1ccc(C(C)=O)cc1C. The third-order valence-electron chi connectivity index (χ3n) is 6.68. The topological polar surface area (TPSA) is 58.2 Å². The average molecular weight is 411 g/mol. The number of amides is 1. The lowest BCUT2D eigenvalue weighted by Crippen LogP contribution is -2.36. The second-order valence-electron chi connectivity index (χ2n) is 8.60. The maximum Gasteiger partial charge on any atom is 0.247 e. The first kappa shape index (κ1) is 23.9. The molecule has 1 aromatic rings. The fourth-order valence-electron chi connectivity index (χ4n) is 4.72. The van der Waals surface area contributed by atoms with E-state index in [0.717, 1.165) is 61.8 Å². The third kappa shape index (κ3) is 5.84. The molecule has 0 radical (unpaired) electrons. The van der Waals surface area contributed by atoms with Crippen LogP contribution in [0.2, 0.25) is 0 Å². The summed E-state index contributed by atoms with van der Waals surface area (Å²) in [6.07, 6.45) is 8.72. The molecule has 0 saturated heterocycles. The molecular formula is C26H38N2O2. The zero-order valence-electron chi connectivity index (χ0n) is 19.2. The van der Waals surface area contributed by atoms with Crippen LogP contribution in [0.4, 0.5) is 0 Å². The molecule has 4 heteroatoms. The molecule has 1 aliphatic carbocycles.